The Labute approximate surface area is 815 Å². The molecule has 8 aromatic rings. The van der Waals surface area contributed by atoms with E-state index in [0.717, 1.165) is 221 Å². The molecule has 2 saturated carbocycles. The van der Waals surface area contributed by atoms with Gasteiger partial charge in [-0.05, 0) is 292 Å². The van der Waals surface area contributed by atoms with E-state index in [2.05, 4.69) is 51.1 Å². The average molecular weight is 1970 g/mol. The van der Waals surface area contributed by atoms with E-state index in [-0.39, 0.29) is 80.2 Å². The summed E-state index contributed by atoms with van der Waals surface area (Å²) in [4.78, 5) is 61.3. The third-order valence-electron chi connectivity index (χ3n) is 26.5. The number of aliphatic carboxylic acids is 1. The number of likely N-dealkylation sites (tertiary alicyclic amines) is 5. The molecule has 6 atom stereocenters. The zero-order valence-electron chi connectivity index (χ0n) is 76.2. The van der Waals surface area contributed by atoms with E-state index in [4.69, 9.17) is 83.8 Å². The maximum absolute atomic E-state index is 13.3. The number of carbonyl (C=O) groups excluding carboxylic acids is 3. The van der Waals surface area contributed by atoms with Gasteiger partial charge in [0.05, 0.1) is 42.3 Å². The molecule has 133 heavy (non-hydrogen) atoms. The van der Waals surface area contributed by atoms with E-state index in [0.29, 0.717) is 79.5 Å². The topological polar surface area (TPSA) is 267 Å². The van der Waals surface area contributed by atoms with Crippen LogP contribution >= 0.6 is 69.6 Å². The fourth-order valence-electron chi connectivity index (χ4n) is 18.6. The number of hydrogen-bond acceptors (Lipinski definition) is 17. The molecule has 7 aliphatic rings. The molecule has 15 rings (SSSR count). The van der Waals surface area contributed by atoms with Crippen LogP contribution in [0.15, 0.2) is 181 Å². The van der Waals surface area contributed by atoms with E-state index in [1.165, 1.54) is 49.1 Å². The number of hydrogen-bond donors (Lipinski definition) is 8. The van der Waals surface area contributed by atoms with Crippen molar-refractivity contribution in [3.8, 4) is 17.2 Å². The third kappa shape index (κ3) is 33.2. The van der Waals surface area contributed by atoms with E-state index >= 15 is 0 Å². The van der Waals surface area contributed by atoms with Gasteiger partial charge in [0.1, 0.15) is 59.3 Å². The number of carbonyl (C=O) groups is 4. The number of carboxylic acid groups (broad SMARTS) is 1. The summed E-state index contributed by atoms with van der Waals surface area (Å²) in [6, 6.07) is 50.9. The number of ether oxygens (including phenoxy) is 3. The Hall–Kier alpha value is -7.93. The fourth-order valence-corrected chi connectivity index (χ4v) is 20.4. The number of urea groups is 1. The molecule has 5 saturated heterocycles. The van der Waals surface area contributed by atoms with Gasteiger partial charge in [-0.1, -0.05) is 150 Å². The largest absolute Gasteiger partial charge is 0.490 e. The van der Waals surface area contributed by atoms with Crippen LogP contribution in [-0.2, 0) is 38.8 Å². The van der Waals surface area contributed by atoms with Crippen LogP contribution in [0, 0.1) is 42.2 Å². The highest BCUT2D eigenvalue weighted by molar-refractivity contribution is 7.90. The Bertz CT molecular complexity index is 5200. The zero-order chi connectivity index (χ0) is 94.6. The Kier molecular flexibility index (Phi) is 40.2. The number of para-hydroxylation sites is 2. The number of aliphatic hydroxyl groups excluding tert-OH is 2. The number of rotatable bonds is 32. The normalized spacial score (nSPS) is 19.8. The van der Waals surface area contributed by atoms with Crippen LogP contribution in [0.2, 0.25) is 30.1 Å². The van der Waals surface area contributed by atoms with Gasteiger partial charge in [0, 0.05) is 127 Å². The molecular weight excluding hydrogens is 1840 g/mol. The summed E-state index contributed by atoms with van der Waals surface area (Å²) in [5, 5.41) is 49.4. The summed E-state index contributed by atoms with van der Waals surface area (Å²) in [7, 11) is -3.52. The van der Waals surface area contributed by atoms with Gasteiger partial charge in [0.15, 0.2) is 9.84 Å². The number of carboxylic acids is 1. The smallest absolute Gasteiger partial charge is 0.324 e. The molecule has 0 bridgehead atoms. The lowest BCUT2D eigenvalue weighted by molar-refractivity contribution is -0.151. The first-order chi connectivity index (χ1) is 63.9. The zero-order valence-corrected chi connectivity index (χ0v) is 81.5. The first-order valence-electron chi connectivity index (χ1n) is 46.8. The van der Waals surface area contributed by atoms with Crippen molar-refractivity contribution in [2.45, 2.75) is 189 Å². The number of benzene rings is 8. The Balaban J connectivity index is 0.000000185. The molecule has 0 aromatic heterocycles. The molecular formula is C102H132Cl6F2N10O12S. The van der Waals surface area contributed by atoms with Crippen molar-refractivity contribution in [3.63, 3.8) is 0 Å². The minimum absolute atomic E-state index is 0. The van der Waals surface area contributed by atoms with Crippen molar-refractivity contribution in [3.05, 3.63) is 246 Å². The monoisotopic (exact) mass is 1970 g/mol. The lowest BCUT2D eigenvalue weighted by Gasteiger charge is -2.43. The molecule has 724 valence electrons. The molecule has 8 aromatic carbocycles. The van der Waals surface area contributed by atoms with E-state index in [1.807, 2.05) is 97.9 Å². The van der Waals surface area contributed by atoms with Gasteiger partial charge in [-0.2, -0.15) is 0 Å². The van der Waals surface area contributed by atoms with Gasteiger partial charge in [0.2, 0.25) is 5.91 Å². The van der Waals surface area contributed by atoms with Crippen molar-refractivity contribution in [1.82, 2.24) is 40.4 Å². The summed E-state index contributed by atoms with van der Waals surface area (Å²) in [5.74, 6) is 2.17. The summed E-state index contributed by atoms with van der Waals surface area (Å²) < 4.78 is 68.3. The second kappa shape index (κ2) is 51.5. The SMILES string of the molecule is CS(=O)(=O)c1ccccc1C(=O)NCC(O)CNC1CCN(Cc2ccc(Cl)c(Cl)c2)CC1.Cc1cc(OC2CCN(CC3CCN([C@@](C)(Cc4ccc(F)cc4)C(=O)O)CC3)CC2)ccc1Cl.O=C(Nc1cccc(Cl)c1)N[C@@H]1CCCC[C@H]1CN1CCC[C@@H](Cc2ccc(F)cc2)C1.O=C(Nc1ccccc1OCC(O)CN1CCC(Oc2ccc(Cl)c(Cl)c2)CC1)C1CCC1.[HH].[HH]. The Morgan fingerprint density at radius 2 is 1.16 bits per heavy atom. The molecule has 0 spiro atoms. The number of aliphatic hydroxyl groups is 2. The summed E-state index contributed by atoms with van der Waals surface area (Å²) in [6.07, 6.45) is 19.0. The Morgan fingerprint density at radius 3 is 1.80 bits per heavy atom. The number of sulfone groups is 1. The van der Waals surface area contributed by atoms with E-state index in [9.17, 15) is 51.7 Å². The molecule has 7 fully saturated rings. The van der Waals surface area contributed by atoms with Crippen molar-refractivity contribution in [1.29, 1.82) is 0 Å². The second-order valence-electron chi connectivity index (χ2n) is 36.8. The lowest BCUT2D eigenvalue weighted by atomic mass is 9.83. The number of nitrogens with one attached hydrogen (secondary N) is 5. The number of nitrogens with zero attached hydrogens (tertiary/aromatic N) is 5. The maximum atomic E-state index is 13.3. The van der Waals surface area contributed by atoms with Crippen molar-refractivity contribution < 1.29 is 68.8 Å². The summed E-state index contributed by atoms with van der Waals surface area (Å²) in [6.45, 7) is 17.0. The fraction of sp³-hybridized carbons (Fsp3) is 0.490. The third-order valence-corrected chi connectivity index (χ3v) is 29.8. The Morgan fingerprint density at radius 1 is 0.549 bits per heavy atom. The van der Waals surface area contributed by atoms with Gasteiger partial charge >= 0.3 is 12.0 Å². The van der Waals surface area contributed by atoms with Crippen molar-refractivity contribution >= 4 is 115 Å². The number of piperidine rings is 5. The van der Waals surface area contributed by atoms with Gasteiger partial charge in [-0.3, -0.25) is 24.2 Å². The average Bonchev–Trinajstić information content (AvgIpc) is 0.834. The van der Waals surface area contributed by atoms with Crippen LogP contribution in [0.5, 0.6) is 17.2 Å². The van der Waals surface area contributed by atoms with Gasteiger partial charge in [-0.25, -0.2) is 22.0 Å². The van der Waals surface area contributed by atoms with Crippen LogP contribution in [-0.4, -0.2) is 225 Å². The van der Waals surface area contributed by atoms with Crippen molar-refractivity contribution in [2.75, 3.05) is 122 Å². The van der Waals surface area contributed by atoms with Crippen molar-refractivity contribution in [2.24, 2.45) is 23.7 Å². The minimum atomic E-state index is -3.52. The number of anilines is 2. The molecule has 2 aliphatic carbocycles. The quantitative estimate of drug-likeness (QED) is 0.0195. The minimum Gasteiger partial charge on any atom is -0.490 e. The molecule has 8 N–H and O–H groups in total. The van der Waals surface area contributed by atoms with Gasteiger partial charge in [0.25, 0.3) is 5.91 Å². The predicted octanol–water partition coefficient (Wildman–Crippen LogP) is 19.8. The van der Waals surface area contributed by atoms with E-state index < -0.39 is 39.5 Å². The van der Waals surface area contributed by atoms with Crippen LogP contribution in [0.1, 0.15) is 152 Å². The lowest BCUT2D eigenvalue weighted by Crippen LogP contribution is -2.57. The van der Waals surface area contributed by atoms with E-state index in [1.54, 1.807) is 67.6 Å². The number of β-amino-alcohol motifs (C(OH)–C–C–N with tert-alkyl or cyclic N) is 1. The molecule has 31 heteroatoms. The highest BCUT2D eigenvalue weighted by Crippen LogP contribution is 2.36. The highest BCUT2D eigenvalue weighted by atomic mass is 35.5. The summed E-state index contributed by atoms with van der Waals surface area (Å²) in [5.41, 5.74) is 4.67. The first-order valence-corrected chi connectivity index (χ1v) is 50.9. The predicted molar refractivity (Wildman–Crippen MR) is 531 cm³/mol. The summed E-state index contributed by atoms with van der Waals surface area (Å²) >= 11 is 36.2. The van der Waals surface area contributed by atoms with Crippen LogP contribution < -0.4 is 40.8 Å². The van der Waals surface area contributed by atoms with Gasteiger partial charge < -0.3 is 70.8 Å². The number of halogens is 8. The number of amides is 4. The first kappa shape index (κ1) is 104. The number of aryl methyl sites for hydroxylation is 1. The van der Waals surface area contributed by atoms with Crippen LogP contribution in [0.3, 0.4) is 0 Å². The highest BCUT2D eigenvalue weighted by Gasteiger charge is 2.42. The molecule has 0 radical (unpaired) electrons. The van der Waals surface area contributed by atoms with Gasteiger partial charge in [-0.15, -0.1) is 0 Å². The molecule has 5 aliphatic heterocycles. The maximum Gasteiger partial charge on any atom is 0.324 e. The molecule has 22 nitrogen and oxygen atoms in total. The van der Waals surface area contributed by atoms with Crippen LogP contribution in [0.25, 0.3) is 0 Å². The second-order valence-corrected chi connectivity index (χ2v) is 41.3. The molecule has 4 amide bonds. The standard InChI is InChI=1S/C28H36ClFN2O3.C26H33ClFN3O.C25H30Cl2N2O4.C23H29Cl2N3O4S.2H2/c1-20-17-25(7-8-26(20)29)35-24-11-13-31(14-12-24)19-22-9-15-32(16-10-22)28(2,27(33)34)18-21-3-5-23(30)6-4-21;27-22-7-3-8-24(16-22)29-26(32)30-25-9-2-1-6-21(25)18-31-14-4-5-20(17-31)15-19-10-12-23(28)13-11-19;26-21-9-8-20(14-22(21)27)33-19-10-12-29(13-11-19)15-18(30)16-32-24-7-2-1-6-23(24)28-25(31)17-4-3-5-17;1-33(31,32)22-5-3-2-4-19(22)23(30)27-14-18(29)13-26-17-8-10-28(11-9-17)15-16-6-7-20(24)21(25)12-16;;/h3-8,17,22,24H,9-16,18-19H2,1-2H3,(H,33,34);3,7-8,10-13,16,20-21,25H,1-2,4-6,9,14-15,17-18H2,(H2,29,30,32);1-2,6-9,14,17-19,30H,3-5,10-13,15-16H2,(H,28,31);2-7,12,17-18,26,29H,8-11,13-15H2,1H3,(H,27,30);2*1H/t28-;20-,21-,25+;;;;/m00..../s1. The molecule has 5 heterocycles. The van der Waals surface area contributed by atoms with Crippen LogP contribution in [0.4, 0.5) is 25.0 Å². The molecule has 2 unspecified atom stereocenters.